The third kappa shape index (κ3) is 8.02. The molecule has 1 aromatic carbocycles. The van der Waals surface area contributed by atoms with E-state index in [1.54, 1.807) is 0 Å². The van der Waals surface area contributed by atoms with E-state index in [0.29, 0.717) is 31.4 Å². The molecule has 0 aliphatic heterocycles. The van der Waals surface area contributed by atoms with Crippen LogP contribution in [0.25, 0.3) is 0 Å². The van der Waals surface area contributed by atoms with Crippen LogP contribution in [0.2, 0.25) is 0 Å². The monoisotopic (exact) mass is 766 g/mol. The number of hydrogen-bond donors (Lipinski definition) is 0. The van der Waals surface area contributed by atoms with Crippen LogP contribution in [0.5, 0.6) is 5.75 Å². The molecular weight excluding hydrogens is 731 g/mol. The number of rotatable bonds is 17. The molecule has 3 nitrogen and oxygen atoms in total. The molecule has 0 radical (unpaired) electrons. The van der Waals surface area contributed by atoms with Gasteiger partial charge in [0.05, 0.1) is 12.5 Å². The molecule has 0 amide bonds. The Balaban J connectivity index is 3.25. The Labute approximate surface area is 275 Å². The second-order valence-corrected chi connectivity index (χ2v) is 12.8. The molecule has 0 N–H and O–H groups in total. The summed E-state index contributed by atoms with van der Waals surface area (Å²) < 4.78 is 238. The molecule has 0 aliphatic rings. The fourth-order valence-corrected chi connectivity index (χ4v) is 4.67. The maximum Gasteiger partial charge on any atom is 0.471 e. The Morgan fingerprint density at radius 1 is 0.620 bits per heavy atom. The summed E-state index contributed by atoms with van der Waals surface area (Å²) in [7, 11) is 0. The fraction of sp³-hybridized carbons (Fsp3) is 0.767. The molecule has 1 aromatic rings. The summed E-state index contributed by atoms with van der Waals surface area (Å²) in [5.41, 5.74) is -9.21. The second-order valence-electron chi connectivity index (χ2n) is 12.8. The first-order valence-corrected chi connectivity index (χ1v) is 14.8. The SMILES string of the molecule is CCC(C)(C)CC(C(=O)OCCc1ccc(OC(F)(F)C(F)(F)C(F)(F)C(F)(F)C(F)(F)C(F)(C(F)(F)F)C(F)(F)F)cc1)C(C)(CC)CC. The van der Waals surface area contributed by atoms with Crippen LogP contribution in [0.15, 0.2) is 24.3 Å². The van der Waals surface area contributed by atoms with Gasteiger partial charge >= 0.3 is 53.8 Å². The Hall–Kier alpha value is -2.70. The molecule has 0 saturated carbocycles. The lowest BCUT2D eigenvalue weighted by atomic mass is 9.66. The van der Waals surface area contributed by atoms with E-state index < -0.39 is 70.9 Å². The number of halogens is 17. The van der Waals surface area contributed by atoms with E-state index in [1.165, 1.54) is 0 Å². The van der Waals surface area contributed by atoms with E-state index in [-0.39, 0.29) is 24.0 Å². The topological polar surface area (TPSA) is 35.5 Å². The molecule has 0 spiro atoms. The first kappa shape index (κ1) is 45.3. The Kier molecular flexibility index (Phi) is 13.0. The van der Waals surface area contributed by atoms with Crippen molar-refractivity contribution in [3.63, 3.8) is 0 Å². The molecule has 0 bridgehead atoms. The number of ether oxygens (including phenoxy) is 2. The predicted octanol–water partition coefficient (Wildman–Crippen LogP) is 11.4. The quantitative estimate of drug-likeness (QED) is 0.117. The van der Waals surface area contributed by atoms with Crippen LogP contribution in [0.1, 0.15) is 72.8 Å². The average Bonchev–Trinajstić information content (AvgIpc) is 2.98. The molecule has 0 aliphatic carbocycles. The van der Waals surface area contributed by atoms with Gasteiger partial charge in [0.1, 0.15) is 5.75 Å². The Bertz CT molecular complexity index is 1270. The largest absolute Gasteiger partial charge is 0.471 e. The summed E-state index contributed by atoms with van der Waals surface area (Å²) >= 11 is 0. The molecule has 0 saturated heterocycles. The van der Waals surface area contributed by atoms with Crippen molar-refractivity contribution in [2.24, 2.45) is 16.7 Å². The van der Waals surface area contributed by atoms with Gasteiger partial charge in [0, 0.05) is 6.42 Å². The van der Waals surface area contributed by atoms with Gasteiger partial charge in [-0.25, -0.2) is 4.39 Å². The molecule has 20 heteroatoms. The van der Waals surface area contributed by atoms with Crippen LogP contribution >= 0.6 is 0 Å². The Morgan fingerprint density at radius 2 is 1.04 bits per heavy atom. The predicted molar refractivity (Wildman–Crippen MR) is 143 cm³/mol. The van der Waals surface area contributed by atoms with E-state index in [0.717, 1.165) is 18.6 Å². The van der Waals surface area contributed by atoms with E-state index >= 15 is 0 Å². The van der Waals surface area contributed by atoms with Crippen LogP contribution in [0.3, 0.4) is 0 Å². The first-order valence-electron chi connectivity index (χ1n) is 14.8. The minimum atomic E-state index is -8.84. The zero-order valence-corrected chi connectivity index (χ0v) is 27.3. The maximum atomic E-state index is 14.2. The molecular formula is C30H35F17O3. The van der Waals surface area contributed by atoms with Gasteiger partial charge in [0.15, 0.2) is 0 Å². The van der Waals surface area contributed by atoms with Crippen LogP contribution in [-0.4, -0.2) is 60.4 Å². The van der Waals surface area contributed by atoms with Crippen molar-refractivity contribution in [3.05, 3.63) is 29.8 Å². The lowest BCUT2D eigenvalue weighted by Crippen LogP contribution is -2.77. The average molecular weight is 767 g/mol. The van der Waals surface area contributed by atoms with Gasteiger partial charge in [0.25, 0.3) is 0 Å². The number of carbonyl (C=O) groups excluding carboxylic acids is 1. The van der Waals surface area contributed by atoms with E-state index in [4.69, 9.17) is 4.74 Å². The fourth-order valence-electron chi connectivity index (χ4n) is 4.67. The summed E-state index contributed by atoms with van der Waals surface area (Å²) in [6.07, 6.45) is -21.1. The van der Waals surface area contributed by atoms with Gasteiger partial charge in [-0.15, -0.1) is 0 Å². The number of carbonyl (C=O) groups is 1. The first-order chi connectivity index (χ1) is 22.1. The molecule has 50 heavy (non-hydrogen) atoms. The van der Waals surface area contributed by atoms with Crippen LogP contribution < -0.4 is 4.74 Å². The van der Waals surface area contributed by atoms with Gasteiger partial charge in [-0.1, -0.05) is 60.1 Å². The molecule has 1 atom stereocenters. The zero-order chi connectivity index (χ0) is 39.8. The van der Waals surface area contributed by atoms with E-state index in [9.17, 15) is 79.4 Å². The van der Waals surface area contributed by atoms with Gasteiger partial charge in [-0.05, 0) is 47.8 Å². The third-order valence-corrected chi connectivity index (χ3v) is 9.02. The van der Waals surface area contributed by atoms with E-state index in [1.807, 2.05) is 41.5 Å². The van der Waals surface area contributed by atoms with Crippen molar-refractivity contribution < 1.29 is 88.9 Å². The van der Waals surface area contributed by atoms with Crippen molar-refractivity contribution in [1.29, 1.82) is 0 Å². The summed E-state index contributed by atoms with van der Waals surface area (Å²) in [5, 5.41) is 0. The molecule has 0 aromatic heterocycles. The highest BCUT2D eigenvalue weighted by Gasteiger charge is 2.97. The lowest BCUT2D eigenvalue weighted by molar-refractivity contribution is -0.474. The highest BCUT2D eigenvalue weighted by atomic mass is 19.4. The van der Waals surface area contributed by atoms with Crippen LogP contribution in [-0.2, 0) is 16.0 Å². The minimum absolute atomic E-state index is 0.0921. The lowest BCUT2D eigenvalue weighted by Gasteiger charge is -2.43. The molecule has 1 unspecified atom stereocenters. The van der Waals surface area contributed by atoms with Crippen LogP contribution in [0, 0.1) is 16.7 Å². The van der Waals surface area contributed by atoms with Crippen LogP contribution in [0.4, 0.5) is 74.6 Å². The highest BCUT2D eigenvalue weighted by molar-refractivity contribution is 5.73. The van der Waals surface area contributed by atoms with Crippen molar-refractivity contribution in [1.82, 2.24) is 0 Å². The van der Waals surface area contributed by atoms with Crippen molar-refractivity contribution >= 4 is 5.97 Å². The highest BCUT2D eigenvalue weighted by Crippen LogP contribution is 2.65. The third-order valence-electron chi connectivity index (χ3n) is 9.02. The molecule has 0 fully saturated rings. The van der Waals surface area contributed by atoms with Gasteiger partial charge < -0.3 is 9.47 Å². The number of hydrogen-bond acceptors (Lipinski definition) is 3. The normalized spacial score (nSPS) is 15.6. The maximum absolute atomic E-state index is 14.2. The molecule has 1 rings (SSSR count). The number of esters is 1. The smallest absolute Gasteiger partial charge is 0.465 e. The summed E-state index contributed by atoms with van der Waals surface area (Å²) in [5.74, 6) is -36.8. The number of benzene rings is 1. The number of alkyl halides is 17. The minimum Gasteiger partial charge on any atom is -0.465 e. The summed E-state index contributed by atoms with van der Waals surface area (Å²) in [6.45, 7) is 11.2. The standard InChI is InChI=1S/C30H35F17O3/c1-7-21(4,5)16-19(22(6,8-2)9-3)20(48)49-15-14-17-10-12-18(13-11-17)50-30(46,47)27(38,39)26(36,37)25(34,35)24(32,33)23(31,28(40,41)42)29(43,44)45/h10-13,19H,7-9,14-16H2,1-6H3. The van der Waals surface area contributed by atoms with Crippen molar-refractivity contribution in [3.8, 4) is 5.75 Å². The van der Waals surface area contributed by atoms with Crippen molar-refractivity contribution in [2.45, 2.75) is 121 Å². The Morgan fingerprint density at radius 3 is 1.42 bits per heavy atom. The van der Waals surface area contributed by atoms with Gasteiger partial charge in [-0.3, -0.25) is 4.79 Å². The summed E-state index contributed by atoms with van der Waals surface area (Å²) in [6, 6.07) is 2.26. The van der Waals surface area contributed by atoms with Gasteiger partial charge in [0.2, 0.25) is 0 Å². The summed E-state index contributed by atoms with van der Waals surface area (Å²) in [4.78, 5) is 13.1. The van der Waals surface area contributed by atoms with E-state index in [2.05, 4.69) is 4.74 Å². The zero-order valence-electron chi connectivity index (χ0n) is 27.3. The second kappa shape index (κ2) is 14.4. The molecule has 292 valence electrons. The molecule has 0 heterocycles. The van der Waals surface area contributed by atoms with Crippen molar-refractivity contribution in [2.75, 3.05) is 6.61 Å². The van der Waals surface area contributed by atoms with Gasteiger partial charge in [-0.2, -0.15) is 70.2 Å².